The molecule has 7 nitrogen and oxygen atoms in total. The first-order chi connectivity index (χ1) is 16.5. The molecule has 182 valence electrons. The summed E-state index contributed by atoms with van der Waals surface area (Å²) in [6, 6.07) is 11.8. The van der Waals surface area contributed by atoms with Gasteiger partial charge in [-0.15, -0.1) is 0 Å². The van der Waals surface area contributed by atoms with Crippen LogP contribution in [0.4, 0.5) is 10.1 Å². The number of ether oxygens (including phenoxy) is 2. The lowest BCUT2D eigenvalue weighted by molar-refractivity contribution is -0.139. The fourth-order valence-electron chi connectivity index (χ4n) is 4.62. The molecule has 2 amide bonds. The Hall–Kier alpha value is -3.13. The first-order valence-corrected chi connectivity index (χ1v) is 12.0. The number of anilines is 1. The molecule has 2 aliphatic rings. The van der Waals surface area contributed by atoms with Gasteiger partial charge in [0.1, 0.15) is 5.82 Å². The summed E-state index contributed by atoms with van der Waals surface area (Å²) >= 11 is 0. The van der Waals surface area contributed by atoms with Crippen LogP contribution >= 0.6 is 0 Å². The number of nitrogens with zero attached hydrogens (tertiary/aromatic N) is 3. The quantitative estimate of drug-likeness (QED) is 0.526. The lowest BCUT2D eigenvalue weighted by Crippen LogP contribution is -2.52. The average molecular weight is 470 g/mol. The Morgan fingerprint density at radius 1 is 0.912 bits per heavy atom. The zero-order valence-corrected chi connectivity index (χ0v) is 19.8. The molecule has 0 aromatic heterocycles. The lowest BCUT2D eigenvalue weighted by Gasteiger charge is -2.38. The molecule has 0 bridgehead atoms. The second-order valence-electron chi connectivity index (χ2n) is 8.50. The number of likely N-dealkylation sites (tertiary alicyclic amines) is 1. The summed E-state index contributed by atoms with van der Waals surface area (Å²) in [4.78, 5) is 31.4. The largest absolute Gasteiger partial charge is 0.490 e. The van der Waals surface area contributed by atoms with Gasteiger partial charge < -0.3 is 14.4 Å². The molecule has 34 heavy (non-hydrogen) atoms. The van der Waals surface area contributed by atoms with E-state index in [1.807, 2.05) is 32.0 Å². The van der Waals surface area contributed by atoms with Crippen LogP contribution in [0.2, 0.25) is 0 Å². The number of imide groups is 1. The normalized spacial score (nSPS) is 19.1. The number of amides is 2. The zero-order chi connectivity index (χ0) is 24.1. The number of hydrogen-bond acceptors (Lipinski definition) is 6. The molecule has 4 rings (SSSR count). The van der Waals surface area contributed by atoms with Gasteiger partial charge in [0.15, 0.2) is 11.5 Å². The van der Waals surface area contributed by atoms with Gasteiger partial charge in [-0.05, 0) is 62.2 Å². The maximum absolute atomic E-state index is 13.2. The molecule has 8 heteroatoms. The molecule has 0 radical (unpaired) electrons. The van der Waals surface area contributed by atoms with Crippen molar-refractivity contribution < 1.29 is 23.5 Å². The molecule has 2 aromatic carbocycles. The van der Waals surface area contributed by atoms with Crippen LogP contribution in [0.25, 0.3) is 0 Å². The van der Waals surface area contributed by atoms with E-state index in [9.17, 15) is 14.0 Å². The summed E-state index contributed by atoms with van der Waals surface area (Å²) in [5.74, 6) is 0.888. The second-order valence-corrected chi connectivity index (χ2v) is 8.50. The Labute approximate surface area is 200 Å². The van der Waals surface area contributed by atoms with Gasteiger partial charge in [0.2, 0.25) is 11.8 Å². The molecule has 0 saturated carbocycles. The minimum atomic E-state index is -0.401. The van der Waals surface area contributed by atoms with Crippen molar-refractivity contribution in [1.29, 1.82) is 0 Å². The third kappa shape index (κ3) is 5.33. The van der Waals surface area contributed by atoms with Crippen LogP contribution in [0.5, 0.6) is 11.5 Å². The summed E-state index contributed by atoms with van der Waals surface area (Å²) in [5.41, 5.74) is 1.96. The van der Waals surface area contributed by atoms with E-state index in [0.717, 1.165) is 24.3 Å². The fourth-order valence-corrected chi connectivity index (χ4v) is 4.62. The number of halogens is 1. The summed E-state index contributed by atoms with van der Waals surface area (Å²) < 4.78 is 24.5. The summed E-state index contributed by atoms with van der Waals surface area (Å²) in [6.07, 6.45) is 0.790. The number of piperazine rings is 1. The Kier molecular flexibility index (Phi) is 7.67. The van der Waals surface area contributed by atoms with Gasteiger partial charge in [-0.2, -0.15) is 0 Å². The molecule has 1 atom stereocenters. The van der Waals surface area contributed by atoms with Gasteiger partial charge in [-0.25, -0.2) is 4.39 Å². The predicted molar refractivity (Wildman–Crippen MR) is 128 cm³/mol. The van der Waals surface area contributed by atoms with Gasteiger partial charge in [-0.3, -0.25) is 19.4 Å². The molecule has 2 aliphatic heterocycles. The van der Waals surface area contributed by atoms with Crippen molar-refractivity contribution in [3.05, 3.63) is 53.8 Å². The number of hydrogen-bond donors (Lipinski definition) is 0. The van der Waals surface area contributed by atoms with Crippen LogP contribution in [0.15, 0.2) is 42.5 Å². The van der Waals surface area contributed by atoms with Crippen molar-refractivity contribution in [2.24, 2.45) is 0 Å². The van der Waals surface area contributed by atoms with E-state index < -0.39 is 6.04 Å². The van der Waals surface area contributed by atoms with E-state index in [4.69, 9.17) is 9.47 Å². The van der Waals surface area contributed by atoms with Gasteiger partial charge in [0.25, 0.3) is 0 Å². The van der Waals surface area contributed by atoms with Crippen molar-refractivity contribution in [3.63, 3.8) is 0 Å². The average Bonchev–Trinajstić information content (AvgIpc) is 3.13. The molecular formula is C26H32FN3O4. The zero-order valence-electron chi connectivity index (χ0n) is 19.8. The van der Waals surface area contributed by atoms with Crippen LogP contribution in [-0.2, 0) is 16.0 Å². The van der Waals surface area contributed by atoms with Crippen molar-refractivity contribution >= 4 is 17.5 Å². The lowest BCUT2D eigenvalue weighted by atomic mass is 10.1. The van der Waals surface area contributed by atoms with Crippen LogP contribution in [0, 0.1) is 5.82 Å². The monoisotopic (exact) mass is 469 g/mol. The molecule has 0 aliphatic carbocycles. The van der Waals surface area contributed by atoms with Crippen LogP contribution in [0.1, 0.15) is 25.8 Å². The third-order valence-corrected chi connectivity index (χ3v) is 6.40. The summed E-state index contributed by atoms with van der Waals surface area (Å²) in [5, 5.41) is 0. The summed E-state index contributed by atoms with van der Waals surface area (Å²) in [7, 11) is 0. The molecule has 2 saturated heterocycles. The van der Waals surface area contributed by atoms with Crippen LogP contribution in [-0.4, -0.2) is 73.6 Å². The Bertz CT molecular complexity index is 1010. The van der Waals surface area contributed by atoms with Gasteiger partial charge in [0, 0.05) is 38.4 Å². The topological polar surface area (TPSA) is 62.3 Å². The first-order valence-electron chi connectivity index (χ1n) is 12.0. The molecular weight excluding hydrogens is 437 g/mol. The van der Waals surface area contributed by atoms with E-state index in [0.29, 0.717) is 50.8 Å². The smallest absolute Gasteiger partial charge is 0.247 e. The van der Waals surface area contributed by atoms with Crippen molar-refractivity contribution in [3.8, 4) is 11.5 Å². The van der Waals surface area contributed by atoms with Crippen LogP contribution in [0.3, 0.4) is 0 Å². The molecule has 0 unspecified atom stereocenters. The molecule has 0 N–H and O–H groups in total. The minimum Gasteiger partial charge on any atom is -0.490 e. The maximum atomic E-state index is 13.2. The van der Waals surface area contributed by atoms with Crippen molar-refractivity contribution in [2.45, 2.75) is 32.7 Å². The van der Waals surface area contributed by atoms with E-state index in [1.54, 1.807) is 12.1 Å². The highest BCUT2D eigenvalue weighted by Crippen LogP contribution is 2.29. The van der Waals surface area contributed by atoms with Gasteiger partial charge in [0.05, 0.1) is 25.7 Å². The number of rotatable bonds is 9. The number of carbonyl (C=O) groups is 2. The van der Waals surface area contributed by atoms with E-state index in [-0.39, 0.29) is 24.1 Å². The predicted octanol–water partition coefficient (Wildman–Crippen LogP) is 3.12. The highest BCUT2D eigenvalue weighted by molar-refractivity contribution is 6.05. The third-order valence-electron chi connectivity index (χ3n) is 6.40. The number of benzene rings is 2. The maximum Gasteiger partial charge on any atom is 0.247 e. The number of carbonyl (C=O) groups excluding carboxylic acids is 2. The SMILES string of the molecule is CCOc1ccc(CCN2C(=O)C[C@H](N3CCN(c4ccc(F)cc4)CC3)C2=O)cc1OCC. The van der Waals surface area contributed by atoms with Crippen molar-refractivity contribution in [2.75, 3.05) is 50.8 Å². The standard InChI is InChI=1S/C26H32FN3O4/c1-3-33-23-10-5-19(17-24(23)34-4-2)11-12-30-25(31)18-22(26(30)32)29-15-13-28(14-16-29)21-8-6-20(27)7-9-21/h5-10,17,22H,3-4,11-16,18H2,1-2H3/t22-/m0/s1. The van der Waals surface area contributed by atoms with E-state index in [1.165, 1.54) is 17.0 Å². The molecule has 2 aromatic rings. The van der Waals surface area contributed by atoms with E-state index >= 15 is 0 Å². The summed E-state index contributed by atoms with van der Waals surface area (Å²) in [6.45, 7) is 8.11. The Morgan fingerprint density at radius 2 is 1.59 bits per heavy atom. The Balaban J connectivity index is 1.33. The highest BCUT2D eigenvalue weighted by atomic mass is 19.1. The molecule has 2 fully saturated rings. The van der Waals surface area contributed by atoms with Gasteiger partial charge in [-0.1, -0.05) is 6.07 Å². The van der Waals surface area contributed by atoms with Crippen LogP contribution < -0.4 is 14.4 Å². The molecule has 0 spiro atoms. The first kappa shape index (κ1) is 24.0. The minimum absolute atomic E-state index is 0.115. The van der Waals surface area contributed by atoms with Gasteiger partial charge >= 0.3 is 0 Å². The van der Waals surface area contributed by atoms with E-state index in [2.05, 4.69) is 9.80 Å². The fraction of sp³-hybridized carbons (Fsp3) is 0.462. The Morgan fingerprint density at radius 3 is 2.26 bits per heavy atom. The second kappa shape index (κ2) is 10.9. The highest BCUT2D eigenvalue weighted by Gasteiger charge is 2.42. The van der Waals surface area contributed by atoms with Crippen molar-refractivity contribution in [1.82, 2.24) is 9.80 Å². The molecule has 2 heterocycles.